The number of carbonyl (C=O) groups is 2. The van der Waals surface area contributed by atoms with Crippen molar-refractivity contribution < 1.29 is 24.2 Å². The second-order valence-corrected chi connectivity index (χ2v) is 8.93. The second-order valence-electron chi connectivity index (χ2n) is 8.93. The van der Waals surface area contributed by atoms with Gasteiger partial charge in [-0.1, -0.05) is 36.4 Å². The number of hydrogen-bond donors (Lipinski definition) is 3. The van der Waals surface area contributed by atoms with Crippen LogP contribution in [-0.2, 0) is 0 Å². The molecule has 0 aliphatic rings. The second kappa shape index (κ2) is 12.0. The number of azo groups is 1. The minimum absolute atomic E-state index is 0.0362. The van der Waals surface area contributed by atoms with Gasteiger partial charge in [-0.2, -0.15) is 5.11 Å². The van der Waals surface area contributed by atoms with E-state index in [1.807, 2.05) is 18.2 Å². The highest BCUT2D eigenvalue weighted by Crippen LogP contribution is 2.40. The van der Waals surface area contributed by atoms with Crippen molar-refractivity contribution in [2.45, 2.75) is 0 Å². The SMILES string of the molecule is COc1ccc(NC(=O)c2ccc(N=Nc3c(O)c(C(=O)Nc4ccccc4OC)cc4ccccc34)cc2)cc1. The first-order chi connectivity index (χ1) is 20.0. The number of anilines is 2. The molecule has 2 amide bonds. The topological polar surface area (TPSA) is 122 Å². The van der Waals surface area contributed by atoms with E-state index in [2.05, 4.69) is 20.9 Å². The Kier molecular flexibility index (Phi) is 7.87. The summed E-state index contributed by atoms with van der Waals surface area (Å²) in [6.45, 7) is 0. The van der Waals surface area contributed by atoms with Gasteiger partial charge in [0.1, 0.15) is 17.2 Å². The molecule has 0 unspecified atom stereocenters. The molecule has 204 valence electrons. The molecule has 0 radical (unpaired) electrons. The Bertz CT molecular complexity index is 1750. The van der Waals surface area contributed by atoms with E-state index in [0.717, 1.165) is 0 Å². The minimum Gasteiger partial charge on any atom is -0.505 e. The number of carbonyl (C=O) groups excluding carboxylic acids is 2. The highest BCUT2D eigenvalue weighted by molar-refractivity contribution is 6.12. The molecule has 0 aliphatic heterocycles. The van der Waals surface area contributed by atoms with Crippen molar-refractivity contribution in [2.24, 2.45) is 10.2 Å². The fourth-order valence-electron chi connectivity index (χ4n) is 4.19. The van der Waals surface area contributed by atoms with Gasteiger partial charge in [-0.3, -0.25) is 9.59 Å². The Balaban J connectivity index is 1.39. The molecule has 9 heteroatoms. The standard InChI is InChI=1S/C32H26N4O5/c1-40-24-17-15-22(16-18-24)33-31(38)20-11-13-23(14-12-20)35-36-29-25-8-4-3-7-21(25)19-26(30(29)37)32(39)34-27-9-5-6-10-28(27)41-2/h3-19,37H,1-2H3,(H,33,38)(H,34,39). The summed E-state index contributed by atoms with van der Waals surface area (Å²) in [4.78, 5) is 25.8. The van der Waals surface area contributed by atoms with Crippen LogP contribution in [0.1, 0.15) is 20.7 Å². The van der Waals surface area contributed by atoms with Crippen molar-refractivity contribution in [3.8, 4) is 17.2 Å². The maximum atomic E-state index is 13.2. The monoisotopic (exact) mass is 546 g/mol. The fourth-order valence-corrected chi connectivity index (χ4v) is 4.19. The predicted molar refractivity (Wildman–Crippen MR) is 158 cm³/mol. The van der Waals surface area contributed by atoms with E-state index in [-0.39, 0.29) is 22.9 Å². The third-order valence-corrected chi connectivity index (χ3v) is 6.34. The number of methoxy groups -OCH3 is 2. The number of phenolic OH excluding ortho intramolecular Hbond substituents is 1. The number of benzene rings is 5. The molecular weight excluding hydrogens is 520 g/mol. The van der Waals surface area contributed by atoms with Gasteiger partial charge in [0, 0.05) is 16.6 Å². The van der Waals surface area contributed by atoms with Gasteiger partial charge in [0.25, 0.3) is 11.8 Å². The zero-order valence-electron chi connectivity index (χ0n) is 22.3. The molecule has 0 saturated carbocycles. The molecule has 5 rings (SSSR count). The van der Waals surface area contributed by atoms with Crippen LogP contribution in [0, 0.1) is 0 Å². The van der Waals surface area contributed by atoms with E-state index in [1.54, 1.807) is 92.0 Å². The Morgan fingerprint density at radius 2 is 1.44 bits per heavy atom. The quantitative estimate of drug-likeness (QED) is 0.174. The van der Waals surface area contributed by atoms with Crippen molar-refractivity contribution in [1.82, 2.24) is 0 Å². The minimum atomic E-state index is -0.526. The van der Waals surface area contributed by atoms with E-state index < -0.39 is 5.91 Å². The number of hydrogen-bond acceptors (Lipinski definition) is 7. The maximum absolute atomic E-state index is 13.2. The third-order valence-electron chi connectivity index (χ3n) is 6.34. The molecule has 0 saturated heterocycles. The molecule has 0 heterocycles. The van der Waals surface area contributed by atoms with E-state index >= 15 is 0 Å². The van der Waals surface area contributed by atoms with Gasteiger partial charge in [0.15, 0.2) is 5.75 Å². The Morgan fingerprint density at radius 1 is 0.732 bits per heavy atom. The summed E-state index contributed by atoms with van der Waals surface area (Å²) in [5.41, 5.74) is 2.17. The number of para-hydroxylation sites is 2. The number of nitrogens with one attached hydrogen (secondary N) is 2. The van der Waals surface area contributed by atoms with Crippen LogP contribution < -0.4 is 20.1 Å². The molecule has 3 N–H and O–H groups in total. The van der Waals surface area contributed by atoms with Crippen LogP contribution in [0.15, 0.2) is 113 Å². The maximum Gasteiger partial charge on any atom is 0.259 e. The molecule has 0 aliphatic carbocycles. The lowest BCUT2D eigenvalue weighted by Gasteiger charge is -2.13. The zero-order chi connectivity index (χ0) is 28.8. The summed E-state index contributed by atoms with van der Waals surface area (Å²) in [5, 5.41) is 26.6. The van der Waals surface area contributed by atoms with E-state index in [4.69, 9.17) is 9.47 Å². The van der Waals surface area contributed by atoms with Gasteiger partial charge in [-0.25, -0.2) is 0 Å². The average Bonchev–Trinajstić information content (AvgIpc) is 3.01. The number of nitrogens with zero attached hydrogens (tertiary/aromatic N) is 2. The molecular formula is C32H26N4O5. The first-order valence-corrected chi connectivity index (χ1v) is 12.6. The zero-order valence-corrected chi connectivity index (χ0v) is 22.3. The van der Waals surface area contributed by atoms with Crippen LogP contribution >= 0.6 is 0 Å². The van der Waals surface area contributed by atoms with Gasteiger partial charge in [0.05, 0.1) is 31.2 Å². The fraction of sp³-hybridized carbons (Fsp3) is 0.0625. The lowest BCUT2D eigenvalue weighted by atomic mass is 10.0. The highest BCUT2D eigenvalue weighted by atomic mass is 16.5. The Labute approximate surface area is 236 Å². The van der Waals surface area contributed by atoms with Crippen LogP contribution in [0.3, 0.4) is 0 Å². The van der Waals surface area contributed by atoms with Crippen molar-refractivity contribution in [1.29, 1.82) is 0 Å². The summed E-state index contributed by atoms with van der Waals surface area (Å²) in [6.07, 6.45) is 0. The van der Waals surface area contributed by atoms with Gasteiger partial charge in [0.2, 0.25) is 0 Å². The number of rotatable bonds is 8. The Morgan fingerprint density at radius 3 is 2.17 bits per heavy atom. The third kappa shape index (κ3) is 5.99. The summed E-state index contributed by atoms with van der Waals surface area (Å²) in [5.74, 6) is 0.0640. The van der Waals surface area contributed by atoms with E-state index in [0.29, 0.717) is 44.9 Å². The molecule has 9 nitrogen and oxygen atoms in total. The lowest BCUT2D eigenvalue weighted by molar-refractivity contribution is 0.101. The largest absolute Gasteiger partial charge is 0.505 e. The summed E-state index contributed by atoms with van der Waals surface area (Å²) in [7, 11) is 3.09. The van der Waals surface area contributed by atoms with Crippen LogP contribution in [0.5, 0.6) is 17.2 Å². The number of ether oxygens (including phenoxy) is 2. The predicted octanol–water partition coefficient (Wildman–Crippen LogP) is 7.48. The smallest absolute Gasteiger partial charge is 0.259 e. The molecule has 0 fully saturated rings. The van der Waals surface area contributed by atoms with Crippen molar-refractivity contribution in [3.63, 3.8) is 0 Å². The summed E-state index contributed by atoms with van der Waals surface area (Å²) < 4.78 is 10.5. The molecule has 0 atom stereocenters. The van der Waals surface area contributed by atoms with E-state index in [1.165, 1.54) is 7.11 Å². The number of amides is 2. The first-order valence-electron chi connectivity index (χ1n) is 12.6. The van der Waals surface area contributed by atoms with Crippen LogP contribution in [0.25, 0.3) is 10.8 Å². The van der Waals surface area contributed by atoms with Gasteiger partial charge in [-0.15, -0.1) is 5.11 Å². The van der Waals surface area contributed by atoms with Crippen molar-refractivity contribution >= 4 is 45.3 Å². The number of phenols is 1. The van der Waals surface area contributed by atoms with Crippen molar-refractivity contribution in [3.05, 3.63) is 114 Å². The van der Waals surface area contributed by atoms with Crippen LogP contribution in [0.2, 0.25) is 0 Å². The lowest BCUT2D eigenvalue weighted by Crippen LogP contribution is -2.13. The summed E-state index contributed by atoms with van der Waals surface area (Å²) in [6, 6.07) is 29.4. The van der Waals surface area contributed by atoms with Gasteiger partial charge < -0.3 is 25.2 Å². The molecule has 0 bridgehead atoms. The highest BCUT2D eigenvalue weighted by Gasteiger charge is 2.19. The normalized spacial score (nSPS) is 10.9. The van der Waals surface area contributed by atoms with Crippen molar-refractivity contribution in [2.75, 3.05) is 24.9 Å². The van der Waals surface area contributed by atoms with Gasteiger partial charge >= 0.3 is 0 Å². The molecule has 0 aromatic heterocycles. The molecule has 0 spiro atoms. The average molecular weight is 547 g/mol. The number of fused-ring (bicyclic) bond motifs is 1. The molecule has 41 heavy (non-hydrogen) atoms. The van der Waals surface area contributed by atoms with E-state index in [9.17, 15) is 14.7 Å². The molecule has 5 aromatic rings. The summed E-state index contributed by atoms with van der Waals surface area (Å²) >= 11 is 0. The van der Waals surface area contributed by atoms with Crippen LogP contribution in [0.4, 0.5) is 22.7 Å². The first kappa shape index (κ1) is 26.9. The Hall–Kier alpha value is -5.70. The van der Waals surface area contributed by atoms with Crippen LogP contribution in [-0.4, -0.2) is 31.1 Å². The number of aromatic hydroxyl groups is 1. The molecule has 5 aromatic carbocycles. The van der Waals surface area contributed by atoms with Gasteiger partial charge in [-0.05, 0) is 72.1 Å².